The summed E-state index contributed by atoms with van der Waals surface area (Å²) >= 11 is 0. The normalized spacial score (nSPS) is 16.4. The minimum absolute atomic E-state index is 0.725. The molecule has 0 bridgehead atoms. The van der Waals surface area contributed by atoms with E-state index in [1.807, 2.05) is 12.4 Å². The second-order valence-corrected chi connectivity index (χ2v) is 9.23. The smallest absolute Gasteiger partial charge is 0.156 e. The fourth-order valence-electron chi connectivity index (χ4n) is 4.93. The first kappa shape index (κ1) is 22.5. The number of hydrogen-bond donors (Lipinski definition) is 3. The third-order valence-corrected chi connectivity index (χ3v) is 6.88. The van der Waals surface area contributed by atoms with Crippen molar-refractivity contribution in [2.75, 3.05) is 18.4 Å². The molecular weight excluding hydrogens is 420 g/mol. The first-order valence-electron chi connectivity index (χ1n) is 12.6. The number of aromatic amines is 1. The van der Waals surface area contributed by atoms with Crippen molar-refractivity contribution in [1.29, 1.82) is 0 Å². The van der Waals surface area contributed by atoms with Gasteiger partial charge < -0.3 is 10.6 Å². The minimum Gasteiger partial charge on any atom is -0.344 e. The molecule has 1 aliphatic heterocycles. The van der Waals surface area contributed by atoms with E-state index in [2.05, 4.69) is 70.2 Å². The molecule has 3 aromatic rings. The first-order chi connectivity index (χ1) is 16.8. The quantitative estimate of drug-likeness (QED) is 0.428. The number of nitrogens with one attached hydrogen (secondary N) is 3. The summed E-state index contributed by atoms with van der Waals surface area (Å²) in [5, 5.41) is 14.1. The van der Waals surface area contributed by atoms with Crippen molar-refractivity contribution in [3.05, 3.63) is 71.5 Å². The van der Waals surface area contributed by atoms with E-state index < -0.39 is 0 Å². The van der Waals surface area contributed by atoms with Crippen LogP contribution in [-0.4, -0.2) is 41.0 Å². The lowest BCUT2D eigenvalue weighted by molar-refractivity contribution is 0.527. The van der Waals surface area contributed by atoms with Gasteiger partial charge in [-0.25, -0.2) is 4.99 Å². The lowest BCUT2D eigenvalue weighted by Crippen LogP contribution is -2.28. The van der Waals surface area contributed by atoms with Gasteiger partial charge in [-0.1, -0.05) is 44.0 Å². The van der Waals surface area contributed by atoms with Crippen molar-refractivity contribution in [2.24, 2.45) is 9.98 Å². The molecule has 2 aromatic carbocycles. The molecule has 1 saturated carbocycles. The fourth-order valence-corrected chi connectivity index (χ4v) is 4.93. The van der Waals surface area contributed by atoms with Crippen LogP contribution in [0.3, 0.4) is 0 Å². The Labute approximate surface area is 202 Å². The Morgan fingerprint density at radius 3 is 2.56 bits per heavy atom. The third-order valence-electron chi connectivity index (χ3n) is 6.88. The van der Waals surface area contributed by atoms with Crippen LogP contribution >= 0.6 is 0 Å². The second-order valence-electron chi connectivity index (χ2n) is 9.23. The largest absolute Gasteiger partial charge is 0.344 e. The average Bonchev–Trinajstić information content (AvgIpc) is 3.60. The third kappa shape index (κ3) is 5.45. The summed E-state index contributed by atoms with van der Waals surface area (Å²) in [6.07, 6.45) is 12.1. The minimum atomic E-state index is 0.725. The summed E-state index contributed by atoms with van der Waals surface area (Å²) in [5.41, 5.74) is 7.20. The predicted octanol–water partition coefficient (Wildman–Crippen LogP) is 5.37. The van der Waals surface area contributed by atoms with Gasteiger partial charge in [0, 0.05) is 42.0 Å². The summed E-state index contributed by atoms with van der Waals surface area (Å²) in [4.78, 5) is 9.59. The van der Waals surface area contributed by atoms with Gasteiger partial charge in [-0.15, -0.1) is 0 Å². The van der Waals surface area contributed by atoms with Gasteiger partial charge in [-0.2, -0.15) is 5.10 Å². The zero-order chi connectivity index (χ0) is 23.2. The number of amidine groups is 2. The molecule has 1 aliphatic carbocycles. The molecule has 5 rings (SSSR count). The first-order valence-corrected chi connectivity index (χ1v) is 12.6. The molecule has 2 heterocycles. The molecule has 0 amide bonds. The Hall–Kier alpha value is -3.25. The van der Waals surface area contributed by atoms with Crippen LogP contribution < -0.4 is 10.6 Å². The van der Waals surface area contributed by atoms with Crippen LogP contribution in [0.25, 0.3) is 11.1 Å². The van der Waals surface area contributed by atoms with Crippen LogP contribution in [-0.2, 0) is 12.8 Å². The van der Waals surface area contributed by atoms with Crippen molar-refractivity contribution in [3.8, 4) is 11.1 Å². The molecule has 0 atom stereocenters. The standard InChI is InChI=1S/C28H34N6/c1-2-20-17-23(8-7-22(20)13-15-29-25-5-3-4-6-25)28-30-16-14-27(34-28)33-26-11-9-21(10-12-26)24-18-31-32-19-24/h7-12,17-19,25,29H,2-6,13-16H2,1H3,(H,31,32)(H,30,33,34). The number of aliphatic imine (C=N–C) groups is 2. The highest BCUT2D eigenvalue weighted by Gasteiger charge is 2.15. The van der Waals surface area contributed by atoms with Crippen molar-refractivity contribution in [1.82, 2.24) is 15.5 Å². The Morgan fingerprint density at radius 1 is 0.971 bits per heavy atom. The SMILES string of the molecule is CCc1cc(C2=NCCC(Nc3ccc(-c4cn[nH]c4)cc3)=N2)ccc1CCNC1CCCC1. The van der Waals surface area contributed by atoms with E-state index in [0.29, 0.717) is 0 Å². The van der Waals surface area contributed by atoms with Crippen LogP contribution in [0.1, 0.15) is 55.7 Å². The number of aromatic nitrogens is 2. The van der Waals surface area contributed by atoms with Crippen LogP contribution in [0, 0.1) is 0 Å². The number of H-pyrrole nitrogens is 1. The summed E-state index contributed by atoms with van der Waals surface area (Å²) in [6.45, 7) is 4.05. The lowest BCUT2D eigenvalue weighted by Gasteiger charge is -2.17. The predicted molar refractivity (Wildman–Crippen MR) is 141 cm³/mol. The maximum absolute atomic E-state index is 4.87. The van der Waals surface area contributed by atoms with E-state index in [1.54, 1.807) is 0 Å². The van der Waals surface area contributed by atoms with Crippen LogP contribution in [0.15, 0.2) is 64.8 Å². The Bertz CT molecular complexity index is 1140. The number of rotatable bonds is 8. The van der Waals surface area contributed by atoms with Gasteiger partial charge in [0.05, 0.1) is 6.20 Å². The van der Waals surface area contributed by atoms with Crippen LogP contribution in [0.5, 0.6) is 0 Å². The Kier molecular flexibility index (Phi) is 7.15. The van der Waals surface area contributed by atoms with Gasteiger partial charge in [0.2, 0.25) is 0 Å². The van der Waals surface area contributed by atoms with E-state index in [-0.39, 0.29) is 0 Å². The molecule has 0 spiro atoms. The van der Waals surface area contributed by atoms with Gasteiger partial charge in [0.1, 0.15) is 5.84 Å². The molecule has 0 saturated heterocycles. The molecule has 1 aromatic heterocycles. The van der Waals surface area contributed by atoms with Gasteiger partial charge in [0.15, 0.2) is 5.84 Å². The van der Waals surface area contributed by atoms with E-state index in [0.717, 1.165) is 72.4 Å². The Morgan fingerprint density at radius 2 is 1.79 bits per heavy atom. The fraction of sp³-hybridized carbons (Fsp3) is 0.393. The maximum atomic E-state index is 4.87. The van der Waals surface area contributed by atoms with Gasteiger partial charge in [0.25, 0.3) is 0 Å². The molecule has 2 aliphatic rings. The molecule has 0 unspecified atom stereocenters. The number of aryl methyl sites for hydroxylation is 1. The number of benzene rings is 2. The molecule has 6 nitrogen and oxygen atoms in total. The van der Waals surface area contributed by atoms with Gasteiger partial charge in [-0.05, 0) is 67.1 Å². The van der Waals surface area contributed by atoms with E-state index in [9.17, 15) is 0 Å². The molecule has 176 valence electrons. The average molecular weight is 455 g/mol. The van der Waals surface area contributed by atoms with Gasteiger partial charge in [-0.3, -0.25) is 10.1 Å². The summed E-state index contributed by atoms with van der Waals surface area (Å²) in [7, 11) is 0. The highest BCUT2D eigenvalue weighted by Crippen LogP contribution is 2.22. The summed E-state index contributed by atoms with van der Waals surface area (Å²) in [5.74, 6) is 1.79. The van der Waals surface area contributed by atoms with Crippen LogP contribution in [0.2, 0.25) is 0 Å². The van der Waals surface area contributed by atoms with E-state index >= 15 is 0 Å². The molecule has 34 heavy (non-hydrogen) atoms. The zero-order valence-corrected chi connectivity index (χ0v) is 20.0. The van der Waals surface area contributed by atoms with Crippen molar-refractivity contribution >= 4 is 17.4 Å². The Balaban J connectivity index is 1.24. The van der Waals surface area contributed by atoms with Crippen molar-refractivity contribution < 1.29 is 0 Å². The highest BCUT2D eigenvalue weighted by molar-refractivity contribution is 6.11. The molecular formula is C28H34N6. The lowest BCUT2D eigenvalue weighted by atomic mass is 9.98. The highest BCUT2D eigenvalue weighted by atomic mass is 15.1. The maximum Gasteiger partial charge on any atom is 0.156 e. The topological polar surface area (TPSA) is 77.5 Å². The number of hydrogen-bond acceptors (Lipinski definition) is 5. The number of nitrogens with zero attached hydrogens (tertiary/aromatic N) is 3. The summed E-state index contributed by atoms with van der Waals surface area (Å²) in [6, 6.07) is 15.8. The van der Waals surface area contributed by atoms with Crippen molar-refractivity contribution in [3.63, 3.8) is 0 Å². The van der Waals surface area contributed by atoms with Crippen molar-refractivity contribution in [2.45, 2.75) is 57.9 Å². The van der Waals surface area contributed by atoms with E-state index in [4.69, 9.17) is 9.98 Å². The summed E-state index contributed by atoms with van der Waals surface area (Å²) < 4.78 is 0. The second kappa shape index (κ2) is 10.8. The molecule has 0 radical (unpaired) electrons. The molecule has 3 N–H and O–H groups in total. The van der Waals surface area contributed by atoms with Crippen LogP contribution in [0.4, 0.5) is 5.69 Å². The van der Waals surface area contributed by atoms with E-state index in [1.165, 1.54) is 36.8 Å². The molecule has 6 heteroatoms. The molecule has 1 fully saturated rings. The monoisotopic (exact) mass is 454 g/mol. The number of anilines is 1. The van der Waals surface area contributed by atoms with Gasteiger partial charge >= 0.3 is 0 Å². The zero-order valence-electron chi connectivity index (χ0n) is 20.0.